The zero-order valence-corrected chi connectivity index (χ0v) is 6.86. The third kappa shape index (κ3) is 9.87. The summed E-state index contributed by atoms with van der Waals surface area (Å²) >= 11 is -0.486. The Bertz CT molecular complexity index is 79.2. The van der Waals surface area contributed by atoms with Crippen LogP contribution in [0.2, 0.25) is 0 Å². The first-order valence-electron chi connectivity index (χ1n) is 0.632. The average molecular weight is 145 g/mol. The number of hydrogen-bond acceptors (Lipinski definition) is 0. The Morgan fingerprint density at radius 3 is 1.25 bits per heavy atom. The maximum atomic E-state index is 3.84. The van der Waals surface area contributed by atoms with Gasteiger partial charge >= 0.3 is 28.5 Å². The van der Waals surface area contributed by atoms with Crippen molar-refractivity contribution in [2.24, 2.45) is 0 Å². The molecule has 0 saturated carbocycles. The third-order valence-corrected chi connectivity index (χ3v) is 0. The third-order valence-electron chi connectivity index (χ3n) is 0. The van der Waals surface area contributed by atoms with Gasteiger partial charge in [0.25, 0.3) is 0 Å². The SMILES string of the molecule is O.[P]#[Zn]#[P]. The van der Waals surface area contributed by atoms with Crippen LogP contribution in [0.5, 0.6) is 0 Å². The van der Waals surface area contributed by atoms with Gasteiger partial charge in [-0.1, -0.05) is 0 Å². The molecule has 0 aliphatic carbocycles. The van der Waals surface area contributed by atoms with Gasteiger partial charge in [0.15, 0.2) is 0 Å². The van der Waals surface area contributed by atoms with Gasteiger partial charge in [-0.15, -0.1) is 0 Å². The van der Waals surface area contributed by atoms with Gasteiger partial charge in [-0.3, -0.25) is 0 Å². The predicted octanol–water partition coefficient (Wildman–Crippen LogP) is 0.895. The second-order valence-electron chi connectivity index (χ2n) is 0.141. The molecule has 0 amide bonds. The molecule has 0 aromatic rings. The molecular formula is H2OP2Zn. The van der Waals surface area contributed by atoms with Gasteiger partial charge in [-0.05, 0) is 0 Å². The summed E-state index contributed by atoms with van der Waals surface area (Å²) in [5.41, 5.74) is 0. The van der Waals surface area contributed by atoms with E-state index >= 15 is 0 Å². The molecule has 0 bridgehead atoms. The molecule has 4 heteroatoms. The van der Waals surface area contributed by atoms with Crippen LogP contribution in [-0.2, 0) is 14.7 Å². The Morgan fingerprint density at radius 1 is 1.25 bits per heavy atom. The molecule has 1 nitrogen and oxygen atoms in total. The summed E-state index contributed by atoms with van der Waals surface area (Å²) in [5, 5.41) is 0. The Hall–Kier alpha value is 1.44. The molecule has 0 atom stereocenters. The standard InChI is InChI=1S/H2O.2P.Zn/h1H2;;;. The van der Waals surface area contributed by atoms with Gasteiger partial charge in [0.1, 0.15) is 0 Å². The summed E-state index contributed by atoms with van der Waals surface area (Å²) in [4.78, 5) is 0. The molecule has 0 radical (unpaired) electrons. The van der Waals surface area contributed by atoms with Gasteiger partial charge in [0.2, 0.25) is 0 Å². The van der Waals surface area contributed by atoms with E-state index in [2.05, 4.69) is 13.8 Å². The van der Waals surface area contributed by atoms with Gasteiger partial charge in [0.05, 0.1) is 0 Å². The monoisotopic (exact) mass is 144 g/mol. The van der Waals surface area contributed by atoms with E-state index in [1.54, 1.807) is 0 Å². The fourth-order valence-electron chi connectivity index (χ4n) is 0. The fourth-order valence-corrected chi connectivity index (χ4v) is 0. The molecule has 0 spiro atoms. The molecular weight excluding hydrogens is 143 g/mol. The molecule has 0 heterocycles. The minimum absolute atomic E-state index is 0. The van der Waals surface area contributed by atoms with E-state index in [-0.39, 0.29) is 5.48 Å². The molecule has 0 aromatic heterocycles. The molecule has 0 saturated heterocycles. The zero-order valence-electron chi connectivity index (χ0n) is 2.10. The van der Waals surface area contributed by atoms with Crippen LogP contribution in [0, 0.1) is 0 Å². The van der Waals surface area contributed by atoms with Crippen molar-refractivity contribution in [3.8, 4) is 0 Å². The second kappa shape index (κ2) is 8.82. The quantitative estimate of drug-likeness (QED) is 0.358. The molecule has 0 fully saturated rings. The van der Waals surface area contributed by atoms with Crippen molar-refractivity contribution in [2.45, 2.75) is 0 Å². The maximum absolute atomic E-state index is 3.84. The summed E-state index contributed by atoms with van der Waals surface area (Å²) < 4.78 is 0. The normalized spacial score (nSPS) is 4.50. The summed E-state index contributed by atoms with van der Waals surface area (Å²) in [6.07, 6.45) is 0. The van der Waals surface area contributed by atoms with Crippen LogP contribution >= 0.6 is 13.8 Å². The van der Waals surface area contributed by atoms with Crippen LogP contribution in [-0.4, -0.2) is 5.48 Å². The van der Waals surface area contributed by atoms with E-state index in [0.717, 1.165) is 0 Å². The second-order valence-corrected chi connectivity index (χ2v) is 6.61. The summed E-state index contributed by atoms with van der Waals surface area (Å²) in [7, 11) is 0. The van der Waals surface area contributed by atoms with Crippen molar-refractivity contribution in [1.29, 1.82) is 0 Å². The zero-order chi connectivity index (χ0) is 2.71. The van der Waals surface area contributed by atoms with Gasteiger partial charge in [-0.25, -0.2) is 0 Å². The molecule has 0 aliphatic rings. The Labute approximate surface area is 34.5 Å². The number of hydrogen-bond donors (Lipinski definition) is 0. The Morgan fingerprint density at radius 2 is 1.25 bits per heavy atom. The topological polar surface area (TPSA) is 31.5 Å². The minimum atomic E-state index is -0.486. The molecule has 0 aliphatic heterocycles. The molecule has 0 rings (SSSR count). The van der Waals surface area contributed by atoms with Crippen molar-refractivity contribution in [1.82, 2.24) is 0 Å². The molecule has 0 unspecified atom stereocenters. The van der Waals surface area contributed by atoms with Crippen molar-refractivity contribution in [3.63, 3.8) is 0 Å². The van der Waals surface area contributed by atoms with Crippen molar-refractivity contribution in [3.05, 3.63) is 0 Å². The van der Waals surface area contributed by atoms with Crippen molar-refractivity contribution >= 4 is 13.8 Å². The van der Waals surface area contributed by atoms with E-state index in [9.17, 15) is 0 Å². The van der Waals surface area contributed by atoms with Gasteiger partial charge in [0, 0.05) is 0 Å². The first-order valence-corrected chi connectivity index (χ1v) is 9.86. The predicted molar refractivity (Wildman–Crippen MR) is 17.5 cm³/mol. The molecule has 0 aromatic carbocycles. The Balaban J connectivity index is 0. The summed E-state index contributed by atoms with van der Waals surface area (Å²) in [6.45, 7) is 7.68. The van der Waals surface area contributed by atoms with E-state index in [0.29, 0.717) is 0 Å². The molecule has 4 heavy (non-hydrogen) atoms. The van der Waals surface area contributed by atoms with Crippen LogP contribution in [0.1, 0.15) is 0 Å². The van der Waals surface area contributed by atoms with E-state index in [4.69, 9.17) is 0 Å². The summed E-state index contributed by atoms with van der Waals surface area (Å²) in [6, 6.07) is 0. The van der Waals surface area contributed by atoms with Crippen LogP contribution in [0.4, 0.5) is 0 Å². The fraction of sp³-hybridized carbons (Fsp3) is 0. The van der Waals surface area contributed by atoms with Gasteiger partial charge in [-0.2, -0.15) is 0 Å². The Kier molecular flexibility index (Phi) is 20.0. The van der Waals surface area contributed by atoms with Crippen LogP contribution < -0.4 is 0 Å². The van der Waals surface area contributed by atoms with E-state index in [1.807, 2.05) is 0 Å². The molecule has 2 N–H and O–H groups in total. The van der Waals surface area contributed by atoms with Crippen LogP contribution in [0.25, 0.3) is 0 Å². The van der Waals surface area contributed by atoms with Gasteiger partial charge < -0.3 is 5.48 Å². The van der Waals surface area contributed by atoms with Crippen LogP contribution in [0.15, 0.2) is 0 Å². The average Bonchev–Trinajstić information content (AvgIpc) is 0.918. The number of rotatable bonds is 0. The van der Waals surface area contributed by atoms with Crippen molar-refractivity contribution in [2.75, 3.05) is 0 Å². The van der Waals surface area contributed by atoms with E-state index < -0.39 is 14.7 Å². The first kappa shape index (κ1) is 9.06. The van der Waals surface area contributed by atoms with Crippen molar-refractivity contribution < 1.29 is 20.2 Å². The molecule has 20 valence electrons. The first-order chi connectivity index (χ1) is 1.41. The summed E-state index contributed by atoms with van der Waals surface area (Å²) in [5.74, 6) is 0. The van der Waals surface area contributed by atoms with Crippen LogP contribution in [0.3, 0.4) is 0 Å². The van der Waals surface area contributed by atoms with E-state index in [1.165, 1.54) is 0 Å².